The molecule has 112 valence electrons. The normalized spacial score (nSPS) is 11.1. The number of esters is 1. The van der Waals surface area contributed by atoms with E-state index in [0.29, 0.717) is 6.61 Å². The van der Waals surface area contributed by atoms with Crippen LogP contribution in [0.4, 0.5) is 0 Å². The molecule has 0 N–H and O–H groups in total. The van der Waals surface area contributed by atoms with Crippen LogP contribution in [0.5, 0.6) is 0 Å². The van der Waals surface area contributed by atoms with Gasteiger partial charge in [0.2, 0.25) is 0 Å². The molecule has 0 atom stereocenters. The number of unbranched alkanes of at least 4 members (excludes halogenated alkanes) is 9. The summed E-state index contributed by atoms with van der Waals surface area (Å²) < 4.78 is 4.89. The Balaban J connectivity index is 3.05. The van der Waals surface area contributed by atoms with Gasteiger partial charge in [0.15, 0.2) is 0 Å². The topological polar surface area (TPSA) is 26.3 Å². The molecule has 0 spiro atoms. The van der Waals surface area contributed by atoms with E-state index >= 15 is 0 Å². The summed E-state index contributed by atoms with van der Waals surface area (Å²) in [7, 11) is 0. The number of ether oxygens (including phenoxy) is 1. The van der Waals surface area contributed by atoms with Crippen molar-refractivity contribution in [3.8, 4) is 0 Å². The molecule has 0 aliphatic rings. The molecular formula is C17H32O2. The van der Waals surface area contributed by atoms with Gasteiger partial charge in [-0.25, -0.2) is 0 Å². The van der Waals surface area contributed by atoms with Crippen LogP contribution in [0.2, 0.25) is 0 Å². The van der Waals surface area contributed by atoms with Crippen LogP contribution in [0.15, 0.2) is 12.2 Å². The van der Waals surface area contributed by atoms with Crippen molar-refractivity contribution in [2.75, 3.05) is 6.61 Å². The molecule has 0 heterocycles. The predicted octanol–water partition coefficient (Wildman–Crippen LogP) is 5.42. The van der Waals surface area contributed by atoms with Crippen molar-refractivity contribution in [3.63, 3.8) is 0 Å². The first-order chi connectivity index (χ1) is 9.27. The van der Waals surface area contributed by atoms with Crippen LogP contribution in [0.1, 0.15) is 84.5 Å². The highest BCUT2D eigenvalue weighted by Crippen LogP contribution is 2.07. The maximum absolute atomic E-state index is 10.5. The van der Waals surface area contributed by atoms with Gasteiger partial charge in [0, 0.05) is 6.92 Å². The van der Waals surface area contributed by atoms with E-state index in [1.165, 1.54) is 71.1 Å². The van der Waals surface area contributed by atoms with E-state index in [0.717, 1.165) is 6.42 Å². The van der Waals surface area contributed by atoms with Gasteiger partial charge in [-0.1, -0.05) is 57.6 Å². The second kappa shape index (κ2) is 15.3. The standard InChI is InChI=1S/C17H32O2/c1-3-4-5-6-7-8-9-10-11-12-13-14-15-16-19-17(2)18/h8-9H,3-7,10-16H2,1-2H3/b9-8-. The summed E-state index contributed by atoms with van der Waals surface area (Å²) in [6.45, 7) is 4.31. The molecular weight excluding hydrogens is 236 g/mol. The Bertz CT molecular complexity index is 221. The second-order valence-electron chi connectivity index (χ2n) is 5.22. The number of carbonyl (C=O) groups is 1. The van der Waals surface area contributed by atoms with E-state index < -0.39 is 0 Å². The Hall–Kier alpha value is -0.790. The summed E-state index contributed by atoms with van der Waals surface area (Å²) in [4.78, 5) is 10.5. The lowest BCUT2D eigenvalue weighted by Crippen LogP contribution is -1.99. The van der Waals surface area contributed by atoms with Gasteiger partial charge in [0.1, 0.15) is 0 Å². The van der Waals surface area contributed by atoms with E-state index in [-0.39, 0.29) is 5.97 Å². The highest BCUT2D eigenvalue weighted by molar-refractivity contribution is 5.65. The van der Waals surface area contributed by atoms with Crippen LogP contribution in [-0.4, -0.2) is 12.6 Å². The third kappa shape index (κ3) is 17.2. The molecule has 2 nitrogen and oxygen atoms in total. The van der Waals surface area contributed by atoms with Crippen LogP contribution in [0, 0.1) is 0 Å². The van der Waals surface area contributed by atoms with Gasteiger partial charge >= 0.3 is 5.97 Å². The molecule has 0 saturated carbocycles. The number of hydrogen-bond donors (Lipinski definition) is 0. The zero-order chi connectivity index (χ0) is 14.2. The molecule has 0 aromatic rings. The Labute approximate surface area is 119 Å². The molecule has 0 aliphatic heterocycles. The van der Waals surface area contributed by atoms with Crippen LogP contribution in [0.3, 0.4) is 0 Å². The molecule has 0 rings (SSSR count). The van der Waals surface area contributed by atoms with Gasteiger partial charge in [0.05, 0.1) is 6.61 Å². The van der Waals surface area contributed by atoms with E-state index in [4.69, 9.17) is 4.74 Å². The minimum Gasteiger partial charge on any atom is -0.466 e. The lowest BCUT2D eigenvalue weighted by Gasteiger charge is -2.01. The average molecular weight is 268 g/mol. The molecule has 0 bridgehead atoms. The van der Waals surface area contributed by atoms with Gasteiger partial charge < -0.3 is 4.74 Å². The summed E-state index contributed by atoms with van der Waals surface area (Å²) in [5.41, 5.74) is 0. The first kappa shape index (κ1) is 18.2. The smallest absolute Gasteiger partial charge is 0.302 e. The van der Waals surface area contributed by atoms with E-state index in [2.05, 4.69) is 19.1 Å². The van der Waals surface area contributed by atoms with Gasteiger partial charge in [-0.05, 0) is 32.1 Å². The molecule has 0 aliphatic carbocycles. The molecule has 0 fully saturated rings. The fourth-order valence-electron chi connectivity index (χ4n) is 2.04. The molecule has 2 heteroatoms. The summed E-state index contributed by atoms with van der Waals surface area (Å²) >= 11 is 0. The molecule has 0 saturated heterocycles. The highest BCUT2D eigenvalue weighted by Gasteiger charge is 1.93. The van der Waals surface area contributed by atoms with Crippen LogP contribution < -0.4 is 0 Å². The minimum atomic E-state index is -0.163. The maximum Gasteiger partial charge on any atom is 0.302 e. The highest BCUT2D eigenvalue weighted by atomic mass is 16.5. The monoisotopic (exact) mass is 268 g/mol. The fourth-order valence-corrected chi connectivity index (χ4v) is 2.04. The second-order valence-corrected chi connectivity index (χ2v) is 5.22. The molecule has 0 aromatic carbocycles. The van der Waals surface area contributed by atoms with E-state index in [1.54, 1.807) is 0 Å². The van der Waals surface area contributed by atoms with Crippen molar-refractivity contribution >= 4 is 5.97 Å². The molecule has 0 unspecified atom stereocenters. The maximum atomic E-state index is 10.5. The van der Waals surface area contributed by atoms with Crippen LogP contribution >= 0.6 is 0 Å². The zero-order valence-electron chi connectivity index (χ0n) is 13.0. The summed E-state index contributed by atoms with van der Waals surface area (Å²) in [6.07, 6.45) is 18.6. The summed E-state index contributed by atoms with van der Waals surface area (Å²) in [6, 6.07) is 0. The van der Waals surface area contributed by atoms with Crippen molar-refractivity contribution in [3.05, 3.63) is 12.2 Å². The fraction of sp³-hybridized carbons (Fsp3) is 0.824. The number of carbonyl (C=O) groups excluding carboxylic acids is 1. The Morgan fingerprint density at radius 3 is 1.95 bits per heavy atom. The van der Waals surface area contributed by atoms with Crippen LogP contribution in [0.25, 0.3) is 0 Å². The lowest BCUT2D eigenvalue weighted by atomic mass is 10.1. The summed E-state index contributed by atoms with van der Waals surface area (Å²) in [5, 5.41) is 0. The minimum absolute atomic E-state index is 0.163. The van der Waals surface area contributed by atoms with Crippen molar-refractivity contribution in [1.82, 2.24) is 0 Å². The van der Waals surface area contributed by atoms with Crippen molar-refractivity contribution in [2.24, 2.45) is 0 Å². The predicted molar refractivity (Wildman–Crippen MR) is 82.2 cm³/mol. The first-order valence-electron chi connectivity index (χ1n) is 8.05. The molecule has 0 amide bonds. The molecule has 19 heavy (non-hydrogen) atoms. The average Bonchev–Trinajstić information content (AvgIpc) is 2.39. The zero-order valence-corrected chi connectivity index (χ0v) is 13.0. The largest absolute Gasteiger partial charge is 0.466 e. The van der Waals surface area contributed by atoms with Gasteiger partial charge in [-0.3, -0.25) is 4.79 Å². The number of hydrogen-bond acceptors (Lipinski definition) is 2. The SMILES string of the molecule is CCCCCC/C=C\CCCCCCCOC(C)=O. The van der Waals surface area contributed by atoms with Crippen LogP contribution in [-0.2, 0) is 9.53 Å². The van der Waals surface area contributed by atoms with Gasteiger partial charge in [-0.15, -0.1) is 0 Å². The van der Waals surface area contributed by atoms with Crippen molar-refractivity contribution < 1.29 is 9.53 Å². The Morgan fingerprint density at radius 1 is 0.842 bits per heavy atom. The van der Waals surface area contributed by atoms with Gasteiger partial charge in [0.25, 0.3) is 0 Å². The number of allylic oxidation sites excluding steroid dienone is 2. The van der Waals surface area contributed by atoms with Gasteiger partial charge in [-0.2, -0.15) is 0 Å². The third-order valence-corrected chi connectivity index (χ3v) is 3.21. The lowest BCUT2D eigenvalue weighted by molar-refractivity contribution is -0.141. The first-order valence-corrected chi connectivity index (χ1v) is 8.05. The van der Waals surface area contributed by atoms with E-state index in [1.807, 2.05) is 0 Å². The molecule has 0 aromatic heterocycles. The quantitative estimate of drug-likeness (QED) is 0.253. The Morgan fingerprint density at radius 2 is 1.37 bits per heavy atom. The third-order valence-electron chi connectivity index (χ3n) is 3.21. The Kier molecular flexibility index (Phi) is 14.6. The summed E-state index contributed by atoms with van der Waals surface area (Å²) in [5.74, 6) is -0.163. The van der Waals surface area contributed by atoms with E-state index in [9.17, 15) is 4.79 Å². The van der Waals surface area contributed by atoms with Crippen molar-refractivity contribution in [2.45, 2.75) is 84.5 Å². The number of rotatable bonds is 13. The van der Waals surface area contributed by atoms with Crippen molar-refractivity contribution in [1.29, 1.82) is 0 Å². The molecule has 0 radical (unpaired) electrons.